The lowest BCUT2D eigenvalue weighted by Crippen LogP contribution is -2.33. The minimum atomic E-state index is -0.925. The number of hydrogen-bond acceptors (Lipinski definition) is 4. The van der Waals surface area contributed by atoms with Crippen LogP contribution >= 0.6 is 0 Å². The van der Waals surface area contributed by atoms with Crippen molar-refractivity contribution in [1.82, 2.24) is 5.48 Å². The molecular formula is C17H16FN3O3. The summed E-state index contributed by atoms with van der Waals surface area (Å²) in [6.45, 7) is 0.577. The lowest BCUT2D eigenvalue weighted by molar-refractivity contribution is -0.117. The Morgan fingerprint density at radius 3 is 2.62 bits per heavy atom. The topological polar surface area (TPSA) is 81.7 Å². The van der Waals surface area contributed by atoms with Gasteiger partial charge in [0.2, 0.25) is 5.91 Å². The van der Waals surface area contributed by atoms with Gasteiger partial charge in [0.1, 0.15) is 11.9 Å². The molecule has 1 aliphatic rings. The van der Waals surface area contributed by atoms with Gasteiger partial charge in [-0.25, -0.2) is 9.87 Å². The third kappa shape index (κ3) is 3.07. The van der Waals surface area contributed by atoms with Gasteiger partial charge in [0.05, 0.1) is 5.56 Å². The van der Waals surface area contributed by atoms with E-state index in [4.69, 9.17) is 5.21 Å². The number of nitrogens with zero attached hydrogens (tertiary/aromatic N) is 1. The van der Waals surface area contributed by atoms with E-state index in [1.807, 2.05) is 30.3 Å². The number of amides is 2. The maximum atomic E-state index is 13.9. The van der Waals surface area contributed by atoms with E-state index in [0.717, 1.165) is 11.8 Å². The van der Waals surface area contributed by atoms with E-state index >= 15 is 0 Å². The molecule has 124 valence electrons. The van der Waals surface area contributed by atoms with Crippen molar-refractivity contribution in [2.75, 3.05) is 16.8 Å². The molecule has 1 fully saturated rings. The van der Waals surface area contributed by atoms with E-state index in [1.54, 1.807) is 4.90 Å². The number of nitrogens with one attached hydrogen (secondary N) is 2. The molecule has 1 atom stereocenters. The maximum absolute atomic E-state index is 13.9. The number of rotatable bonds is 4. The Kier molecular flexibility index (Phi) is 4.43. The van der Waals surface area contributed by atoms with Crippen molar-refractivity contribution >= 4 is 23.2 Å². The summed E-state index contributed by atoms with van der Waals surface area (Å²) in [5, 5.41) is 11.5. The SMILES string of the molecule is O=C(NO)c1ccc(NC2CCN(c3ccccc3)C2=O)cc1F. The summed E-state index contributed by atoms with van der Waals surface area (Å²) in [6, 6.07) is 12.7. The second-order valence-electron chi connectivity index (χ2n) is 5.45. The quantitative estimate of drug-likeness (QED) is 0.593. The van der Waals surface area contributed by atoms with E-state index < -0.39 is 17.8 Å². The van der Waals surface area contributed by atoms with Gasteiger partial charge in [-0.05, 0) is 36.8 Å². The average molecular weight is 329 g/mol. The molecule has 0 radical (unpaired) electrons. The van der Waals surface area contributed by atoms with Crippen molar-refractivity contribution in [3.63, 3.8) is 0 Å². The molecule has 1 aliphatic heterocycles. The molecule has 1 heterocycles. The number of carbonyl (C=O) groups excluding carboxylic acids is 2. The minimum Gasteiger partial charge on any atom is -0.374 e. The first-order valence-corrected chi connectivity index (χ1v) is 7.47. The highest BCUT2D eigenvalue weighted by molar-refractivity contribution is 6.01. The van der Waals surface area contributed by atoms with Gasteiger partial charge in [0.15, 0.2) is 0 Å². The number of para-hydroxylation sites is 1. The first kappa shape index (κ1) is 15.9. The normalized spacial score (nSPS) is 17.0. The van der Waals surface area contributed by atoms with Crippen LogP contribution < -0.4 is 15.7 Å². The highest BCUT2D eigenvalue weighted by Crippen LogP contribution is 2.24. The van der Waals surface area contributed by atoms with Gasteiger partial charge in [-0.15, -0.1) is 0 Å². The molecule has 6 nitrogen and oxygen atoms in total. The smallest absolute Gasteiger partial charge is 0.277 e. The summed E-state index contributed by atoms with van der Waals surface area (Å²) in [5.74, 6) is -1.79. The van der Waals surface area contributed by atoms with Gasteiger partial charge in [0.25, 0.3) is 5.91 Å². The van der Waals surface area contributed by atoms with Crippen LogP contribution in [0.4, 0.5) is 15.8 Å². The van der Waals surface area contributed by atoms with Crippen molar-refractivity contribution in [3.8, 4) is 0 Å². The summed E-state index contributed by atoms with van der Waals surface area (Å²) in [4.78, 5) is 25.4. The summed E-state index contributed by atoms with van der Waals surface area (Å²) >= 11 is 0. The van der Waals surface area contributed by atoms with Crippen molar-refractivity contribution in [2.24, 2.45) is 0 Å². The summed E-state index contributed by atoms with van der Waals surface area (Å²) < 4.78 is 13.9. The number of hydrogen-bond donors (Lipinski definition) is 3. The Labute approximate surface area is 137 Å². The van der Waals surface area contributed by atoms with E-state index in [1.165, 1.54) is 17.6 Å². The highest BCUT2D eigenvalue weighted by atomic mass is 19.1. The molecule has 2 amide bonds. The molecule has 24 heavy (non-hydrogen) atoms. The van der Waals surface area contributed by atoms with Crippen LogP contribution in [-0.2, 0) is 4.79 Å². The third-order valence-electron chi connectivity index (χ3n) is 3.93. The lowest BCUT2D eigenvalue weighted by atomic mass is 10.1. The highest BCUT2D eigenvalue weighted by Gasteiger charge is 2.32. The first-order valence-electron chi connectivity index (χ1n) is 7.47. The van der Waals surface area contributed by atoms with Crippen LogP contribution in [0.5, 0.6) is 0 Å². The molecule has 0 aromatic heterocycles. The first-order chi connectivity index (χ1) is 11.6. The van der Waals surface area contributed by atoms with Crippen LogP contribution in [0.3, 0.4) is 0 Å². The zero-order valence-electron chi connectivity index (χ0n) is 12.7. The van der Waals surface area contributed by atoms with Crippen LogP contribution in [0, 0.1) is 5.82 Å². The Hall–Kier alpha value is -2.93. The molecule has 3 rings (SSSR count). The average Bonchev–Trinajstić information content (AvgIpc) is 2.96. The number of hydroxylamine groups is 1. The van der Waals surface area contributed by atoms with Crippen molar-refractivity contribution in [1.29, 1.82) is 0 Å². The van der Waals surface area contributed by atoms with Crippen LogP contribution in [0.2, 0.25) is 0 Å². The predicted molar refractivity (Wildman–Crippen MR) is 86.5 cm³/mol. The van der Waals surface area contributed by atoms with Gasteiger partial charge in [-0.1, -0.05) is 18.2 Å². The molecule has 1 saturated heterocycles. The molecule has 2 aromatic rings. The number of benzene rings is 2. The Bertz CT molecular complexity index is 767. The molecular weight excluding hydrogens is 313 g/mol. The van der Waals surface area contributed by atoms with Crippen LogP contribution in [-0.4, -0.2) is 29.6 Å². The Morgan fingerprint density at radius 1 is 1.21 bits per heavy atom. The number of anilines is 2. The predicted octanol–water partition coefficient (Wildman–Crippen LogP) is 2.16. The van der Waals surface area contributed by atoms with Gasteiger partial charge in [-0.2, -0.15) is 0 Å². The summed E-state index contributed by atoms with van der Waals surface area (Å²) in [5.41, 5.74) is 2.34. The molecule has 7 heteroatoms. The molecule has 1 unspecified atom stereocenters. The fourth-order valence-corrected chi connectivity index (χ4v) is 2.73. The number of halogens is 1. The summed E-state index contributed by atoms with van der Waals surface area (Å²) in [7, 11) is 0. The van der Waals surface area contributed by atoms with Crippen molar-refractivity contribution in [2.45, 2.75) is 12.5 Å². The van der Waals surface area contributed by atoms with Crippen LogP contribution in [0.15, 0.2) is 48.5 Å². The van der Waals surface area contributed by atoms with E-state index in [9.17, 15) is 14.0 Å². The van der Waals surface area contributed by atoms with E-state index in [0.29, 0.717) is 18.7 Å². The minimum absolute atomic E-state index is 0.0845. The molecule has 0 bridgehead atoms. The van der Waals surface area contributed by atoms with Crippen molar-refractivity contribution in [3.05, 3.63) is 59.9 Å². The Morgan fingerprint density at radius 2 is 1.96 bits per heavy atom. The monoisotopic (exact) mass is 329 g/mol. The van der Waals surface area contributed by atoms with Gasteiger partial charge in [-0.3, -0.25) is 14.8 Å². The fraction of sp³-hybridized carbons (Fsp3) is 0.176. The maximum Gasteiger partial charge on any atom is 0.277 e. The molecule has 2 aromatic carbocycles. The Balaban J connectivity index is 1.72. The van der Waals surface area contributed by atoms with Gasteiger partial charge >= 0.3 is 0 Å². The third-order valence-corrected chi connectivity index (χ3v) is 3.93. The fourth-order valence-electron chi connectivity index (χ4n) is 2.73. The second-order valence-corrected chi connectivity index (χ2v) is 5.45. The van der Waals surface area contributed by atoms with Crippen LogP contribution in [0.25, 0.3) is 0 Å². The standard InChI is InChI=1S/C17H16FN3O3/c18-14-10-11(6-7-13(14)16(22)20-24)19-15-8-9-21(17(15)23)12-4-2-1-3-5-12/h1-7,10,15,19,24H,8-9H2,(H,20,22). The molecule has 0 spiro atoms. The zero-order chi connectivity index (χ0) is 17.1. The number of carbonyl (C=O) groups is 2. The van der Waals surface area contributed by atoms with Crippen LogP contribution in [0.1, 0.15) is 16.8 Å². The van der Waals surface area contributed by atoms with E-state index in [-0.39, 0.29) is 11.5 Å². The van der Waals surface area contributed by atoms with Gasteiger partial charge < -0.3 is 10.2 Å². The molecule has 0 saturated carbocycles. The molecule has 3 N–H and O–H groups in total. The second kappa shape index (κ2) is 6.67. The lowest BCUT2D eigenvalue weighted by Gasteiger charge is -2.17. The van der Waals surface area contributed by atoms with Crippen molar-refractivity contribution < 1.29 is 19.2 Å². The molecule has 0 aliphatic carbocycles. The van der Waals surface area contributed by atoms with E-state index in [2.05, 4.69) is 5.32 Å². The van der Waals surface area contributed by atoms with Gasteiger partial charge in [0, 0.05) is 17.9 Å². The zero-order valence-corrected chi connectivity index (χ0v) is 12.7. The summed E-state index contributed by atoms with van der Waals surface area (Å²) in [6.07, 6.45) is 0.591. The largest absolute Gasteiger partial charge is 0.374 e.